The van der Waals surface area contributed by atoms with Crippen LogP contribution in [0.1, 0.15) is 24.8 Å². The van der Waals surface area contributed by atoms with E-state index in [0.29, 0.717) is 13.1 Å². The van der Waals surface area contributed by atoms with Gasteiger partial charge in [0.05, 0.1) is 6.42 Å². The highest BCUT2D eigenvalue weighted by molar-refractivity contribution is 5.76. The number of nitrogens with zero attached hydrogens (tertiary/aromatic N) is 3. The largest absolute Gasteiger partial charge is 0.481 e. The van der Waals surface area contributed by atoms with Gasteiger partial charge in [-0.3, -0.25) is 9.78 Å². The van der Waals surface area contributed by atoms with Crippen LogP contribution in [-0.4, -0.2) is 51.5 Å². The average Bonchev–Trinajstić information content (AvgIpc) is 2.86. The van der Waals surface area contributed by atoms with Crippen molar-refractivity contribution in [1.29, 1.82) is 0 Å². The monoisotopic (exact) mass is 277 g/mol. The number of rotatable bonds is 4. The van der Waals surface area contributed by atoms with Gasteiger partial charge in [-0.1, -0.05) is 6.07 Å². The van der Waals surface area contributed by atoms with E-state index in [0.717, 1.165) is 18.4 Å². The fourth-order valence-electron chi connectivity index (χ4n) is 2.55. The lowest BCUT2D eigenvalue weighted by Crippen LogP contribution is -2.44. The Kier molecular flexibility index (Phi) is 4.55. The van der Waals surface area contributed by atoms with E-state index in [4.69, 9.17) is 5.11 Å². The SMILES string of the molecule is CN(Cc1cccnc1)C(=O)N1CCCC1CC(=O)O. The molecule has 1 aliphatic heterocycles. The number of carboxylic acid groups (broad SMARTS) is 1. The van der Waals surface area contributed by atoms with Gasteiger partial charge in [-0.15, -0.1) is 0 Å². The molecule has 0 bridgehead atoms. The summed E-state index contributed by atoms with van der Waals surface area (Å²) in [7, 11) is 1.73. The predicted octanol–water partition coefficient (Wildman–Crippen LogP) is 1.57. The van der Waals surface area contributed by atoms with E-state index in [1.54, 1.807) is 29.2 Å². The molecule has 1 unspecified atom stereocenters. The molecule has 2 rings (SSSR count). The predicted molar refractivity (Wildman–Crippen MR) is 73.1 cm³/mol. The molecule has 1 aliphatic rings. The topological polar surface area (TPSA) is 73.7 Å². The third kappa shape index (κ3) is 3.46. The standard InChI is InChI=1S/C14H19N3O3/c1-16(10-11-4-2-6-15-9-11)14(20)17-7-3-5-12(17)8-13(18)19/h2,4,6,9,12H,3,5,7-8,10H2,1H3,(H,18,19). The van der Waals surface area contributed by atoms with Crippen molar-refractivity contribution in [3.8, 4) is 0 Å². The van der Waals surface area contributed by atoms with Crippen LogP contribution in [-0.2, 0) is 11.3 Å². The molecule has 20 heavy (non-hydrogen) atoms. The molecule has 1 N–H and O–H groups in total. The zero-order chi connectivity index (χ0) is 14.5. The number of carbonyl (C=O) groups is 2. The number of carboxylic acids is 1. The van der Waals surface area contributed by atoms with Gasteiger partial charge in [0.15, 0.2) is 0 Å². The molecule has 0 aliphatic carbocycles. The zero-order valence-corrected chi connectivity index (χ0v) is 11.5. The van der Waals surface area contributed by atoms with Crippen molar-refractivity contribution in [3.63, 3.8) is 0 Å². The van der Waals surface area contributed by atoms with E-state index in [9.17, 15) is 9.59 Å². The Morgan fingerprint density at radius 2 is 2.35 bits per heavy atom. The fraction of sp³-hybridized carbons (Fsp3) is 0.500. The van der Waals surface area contributed by atoms with Gasteiger partial charge in [0.1, 0.15) is 0 Å². The molecule has 2 amide bonds. The first-order chi connectivity index (χ1) is 9.58. The molecular formula is C14H19N3O3. The number of likely N-dealkylation sites (tertiary alicyclic amines) is 1. The van der Waals surface area contributed by atoms with Gasteiger partial charge < -0.3 is 14.9 Å². The molecule has 1 aromatic heterocycles. The Bertz CT molecular complexity index is 478. The van der Waals surface area contributed by atoms with Crippen molar-refractivity contribution in [2.75, 3.05) is 13.6 Å². The molecule has 0 aromatic carbocycles. The number of aromatic nitrogens is 1. The Labute approximate surface area is 118 Å². The van der Waals surface area contributed by atoms with Crippen LogP contribution in [0.5, 0.6) is 0 Å². The van der Waals surface area contributed by atoms with E-state index in [2.05, 4.69) is 4.98 Å². The molecule has 1 fully saturated rings. The third-order valence-corrected chi connectivity index (χ3v) is 3.50. The molecular weight excluding hydrogens is 258 g/mol. The summed E-state index contributed by atoms with van der Waals surface area (Å²) in [5, 5.41) is 8.89. The lowest BCUT2D eigenvalue weighted by atomic mass is 10.1. The summed E-state index contributed by atoms with van der Waals surface area (Å²) >= 11 is 0. The fourth-order valence-corrected chi connectivity index (χ4v) is 2.55. The number of carbonyl (C=O) groups excluding carboxylic acids is 1. The minimum Gasteiger partial charge on any atom is -0.481 e. The van der Waals surface area contributed by atoms with Crippen LogP contribution in [0.3, 0.4) is 0 Å². The molecule has 0 spiro atoms. The van der Waals surface area contributed by atoms with Crippen molar-refractivity contribution in [1.82, 2.24) is 14.8 Å². The number of hydrogen-bond acceptors (Lipinski definition) is 3. The van der Waals surface area contributed by atoms with Crippen molar-refractivity contribution in [2.45, 2.75) is 31.8 Å². The molecule has 6 nitrogen and oxygen atoms in total. The molecule has 1 atom stereocenters. The second-order valence-corrected chi connectivity index (χ2v) is 5.09. The molecule has 1 aromatic rings. The first-order valence-electron chi connectivity index (χ1n) is 6.70. The lowest BCUT2D eigenvalue weighted by Gasteiger charge is -2.29. The number of hydrogen-bond donors (Lipinski definition) is 1. The highest BCUT2D eigenvalue weighted by atomic mass is 16.4. The van der Waals surface area contributed by atoms with Crippen LogP contribution in [0.4, 0.5) is 4.79 Å². The Balaban J connectivity index is 1.97. The minimum atomic E-state index is -0.857. The molecule has 0 radical (unpaired) electrons. The Hall–Kier alpha value is -2.11. The van der Waals surface area contributed by atoms with Crippen LogP contribution >= 0.6 is 0 Å². The summed E-state index contributed by atoms with van der Waals surface area (Å²) in [6.07, 6.45) is 5.06. The zero-order valence-electron chi connectivity index (χ0n) is 11.5. The highest BCUT2D eigenvalue weighted by Gasteiger charge is 2.31. The second-order valence-electron chi connectivity index (χ2n) is 5.09. The van der Waals surface area contributed by atoms with E-state index in [1.807, 2.05) is 12.1 Å². The smallest absolute Gasteiger partial charge is 0.320 e. The maximum absolute atomic E-state index is 12.4. The lowest BCUT2D eigenvalue weighted by molar-refractivity contribution is -0.138. The average molecular weight is 277 g/mol. The maximum Gasteiger partial charge on any atom is 0.320 e. The van der Waals surface area contributed by atoms with Crippen molar-refractivity contribution < 1.29 is 14.7 Å². The van der Waals surface area contributed by atoms with Gasteiger partial charge in [0, 0.05) is 38.6 Å². The highest BCUT2D eigenvalue weighted by Crippen LogP contribution is 2.21. The first-order valence-corrected chi connectivity index (χ1v) is 6.70. The summed E-state index contributed by atoms with van der Waals surface area (Å²) in [6.45, 7) is 1.11. The Morgan fingerprint density at radius 1 is 1.55 bits per heavy atom. The number of amides is 2. The van der Waals surface area contributed by atoms with E-state index in [-0.39, 0.29) is 18.5 Å². The van der Waals surface area contributed by atoms with E-state index < -0.39 is 5.97 Å². The molecule has 1 saturated heterocycles. The Morgan fingerprint density at radius 3 is 3.00 bits per heavy atom. The van der Waals surface area contributed by atoms with Crippen molar-refractivity contribution in [3.05, 3.63) is 30.1 Å². The first kappa shape index (κ1) is 14.3. The van der Waals surface area contributed by atoms with Crippen LogP contribution in [0.15, 0.2) is 24.5 Å². The molecule has 108 valence electrons. The minimum absolute atomic E-state index is 0.0203. The van der Waals surface area contributed by atoms with E-state index in [1.165, 1.54) is 0 Å². The van der Waals surface area contributed by atoms with Crippen LogP contribution in [0.25, 0.3) is 0 Å². The van der Waals surface area contributed by atoms with Crippen molar-refractivity contribution in [2.24, 2.45) is 0 Å². The van der Waals surface area contributed by atoms with Gasteiger partial charge in [0.2, 0.25) is 0 Å². The van der Waals surface area contributed by atoms with Gasteiger partial charge in [-0.25, -0.2) is 4.79 Å². The van der Waals surface area contributed by atoms with Gasteiger partial charge in [-0.05, 0) is 24.5 Å². The molecule has 0 saturated carbocycles. The molecule has 6 heteroatoms. The summed E-state index contributed by atoms with van der Waals surface area (Å²) in [4.78, 5) is 30.5. The van der Waals surface area contributed by atoms with Crippen LogP contribution in [0, 0.1) is 0 Å². The van der Waals surface area contributed by atoms with Gasteiger partial charge in [-0.2, -0.15) is 0 Å². The summed E-state index contributed by atoms with van der Waals surface area (Å²) in [6, 6.07) is 3.45. The summed E-state index contributed by atoms with van der Waals surface area (Å²) in [5.74, 6) is -0.857. The van der Waals surface area contributed by atoms with Gasteiger partial charge >= 0.3 is 12.0 Å². The maximum atomic E-state index is 12.4. The number of pyridine rings is 1. The van der Waals surface area contributed by atoms with Crippen molar-refractivity contribution >= 4 is 12.0 Å². The van der Waals surface area contributed by atoms with Gasteiger partial charge in [0.25, 0.3) is 0 Å². The number of aliphatic carboxylic acids is 1. The molecule has 2 heterocycles. The van der Waals surface area contributed by atoms with Crippen LogP contribution in [0.2, 0.25) is 0 Å². The van der Waals surface area contributed by atoms with Crippen LogP contribution < -0.4 is 0 Å². The summed E-state index contributed by atoms with van der Waals surface area (Å²) in [5.41, 5.74) is 0.956. The summed E-state index contributed by atoms with van der Waals surface area (Å²) < 4.78 is 0. The normalized spacial score (nSPS) is 18.1. The second kappa shape index (κ2) is 6.36. The third-order valence-electron chi connectivity index (χ3n) is 3.50. The quantitative estimate of drug-likeness (QED) is 0.906. The van der Waals surface area contributed by atoms with E-state index >= 15 is 0 Å². The number of urea groups is 1.